The van der Waals surface area contributed by atoms with Crippen molar-refractivity contribution in [2.24, 2.45) is 0 Å². The van der Waals surface area contributed by atoms with E-state index in [9.17, 15) is 28.1 Å². The van der Waals surface area contributed by atoms with Gasteiger partial charge in [-0.15, -0.1) is 0 Å². The van der Waals surface area contributed by atoms with Crippen LogP contribution in [0.3, 0.4) is 0 Å². The molecular formula is C17H16ClFN4O6S. The van der Waals surface area contributed by atoms with Gasteiger partial charge in [-0.2, -0.15) is 5.10 Å². The van der Waals surface area contributed by atoms with Gasteiger partial charge in [0.2, 0.25) is 0 Å². The minimum absolute atomic E-state index is 0.0220. The normalized spacial score (nSPS) is 24.4. The van der Waals surface area contributed by atoms with Crippen molar-refractivity contribution >= 4 is 38.3 Å². The molecule has 1 saturated heterocycles. The fourth-order valence-electron chi connectivity index (χ4n) is 3.20. The molecule has 2 aromatic heterocycles. The van der Waals surface area contributed by atoms with E-state index in [0.717, 1.165) is 16.8 Å². The minimum Gasteiger partial charge on any atom is -0.394 e. The van der Waals surface area contributed by atoms with Crippen LogP contribution in [0.4, 0.5) is 10.1 Å². The number of aliphatic hydroxyl groups is 3. The molecule has 0 radical (unpaired) electrons. The molecule has 0 amide bonds. The van der Waals surface area contributed by atoms with E-state index in [-0.39, 0.29) is 21.9 Å². The second-order valence-corrected chi connectivity index (χ2v) is 8.62. The lowest BCUT2D eigenvalue weighted by Crippen LogP contribution is -2.33. The SMILES string of the molecule is O=S(=O)(Nc1cc(Cl)nc2c1cnn2[C@@H]1OC(CO)[C@@H](O)[C@H]1O)c1ccccc1F. The van der Waals surface area contributed by atoms with E-state index in [1.165, 1.54) is 24.4 Å². The molecule has 4 N–H and O–H groups in total. The standard InChI is InChI=1S/C17H16ClFN4O6S/c18-13-5-10(22-30(27,28)12-4-2-1-3-9(12)19)8-6-20-23(16(8)21-13)17-15(26)14(25)11(7-24)29-17/h1-6,11,14-15,17,24-26H,7H2,(H,21,22)/t11?,14-,15-,17-/m1/s1. The maximum absolute atomic E-state index is 14.0. The maximum Gasteiger partial charge on any atom is 0.264 e. The average Bonchev–Trinajstić information content (AvgIpc) is 3.23. The highest BCUT2D eigenvalue weighted by atomic mass is 35.5. The summed E-state index contributed by atoms with van der Waals surface area (Å²) in [6, 6.07) is 6.10. The van der Waals surface area contributed by atoms with E-state index in [4.69, 9.17) is 16.3 Å². The Morgan fingerprint density at radius 3 is 2.67 bits per heavy atom. The number of hydrogen-bond donors (Lipinski definition) is 4. The van der Waals surface area contributed by atoms with E-state index < -0.39 is 51.9 Å². The van der Waals surface area contributed by atoms with Gasteiger partial charge in [0.15, 0.2) is 11.9 Å². The summed E-state index contributed by atoms with van der Waals surface area (Å²) in [5.41, 5.74) is 0.0230. The molecule has 1 aliphatic rings. The fourth-order valence-corrected chi connectivity index (χ4v) is 4.54. The van der Waals surface area contributed by atoms with Gasteiger partial charge in [-0.05, 0) is 12.1 Å². The summed E-state index contributed by atoms with van der Waals surface area (Å²) in [5, 5.41) is 33.6. The lowest BCUT2D eigenvalue weighted by molar-refractivity contribution is -0.0566. The Balaban J connectivity index is 1.76. The van der Waals surface area contributed by atoms with Crippen molar-refractivity contribution in [3.63, 3.8) is 0 Å². The van der Waals surface area contributed by atoms with Crippen molar-refractivity contribution in [3.05, 3.63) is 47.5 Å². The van der Waals surface area contributed by atoms with Crippen LogP contribution >= 0.6 is 11.6 Å². The van der Waals surface area contributed by atoms with Crippen LogP contribution in [0.15, 0.2) is 41.4 Å². The van der Waals surface area contributed by atoms with Gasteiger partial charge in [0.1, 0.15) is 34.2 Å². The number of hydrogen-bond acceptors (Lipinski definition) is 8. The Kier molecular flexibility index (Phi) is 5.38. The predicted octanol–water partition coefficient (Wildman–Crippen LogP) is 0.636. The first-order chi connectivity index (χ1) is 14.2. The van der Waals surface area contributed by atoms with Crippen molar-refractivity contribution in [1.82, 2.24) is 14.8 Å². The Hall–Kier alpha value is -2.35. The van der Waals surface area contributed by atoms with E-state index in [1.54, 1.807) is 0 Å². The fraction of sp³-hybridized carbons (Fsp3) is 0.294. The van der Waals surface area contributed by atoms with E-state index in [0.29, 0.717) is 0 Å². The molecule has 160 valence electrons. The highest BCUT2D eigenvalue weighted by Crippen LogP contribution is 2.34. The summed E-state index contributed by atoms with van der Waals surface area (Å²) in [6.45, 7) is -0.532. The lowest BCUT2D eigenvalue weighted by Gasteiger charge is -2.16. The van der Waals surface area contributed by atoms with Gasteiger partial charge in [0.25, 0.3) is 10.0 Å². The number of aromatic nitrogens is 3. The Morgan fingerprint density at radius 1 is 1.27 bits per heavy atom. The number of ether oxygens (including phenoxy) is 1. The topological polar surface area (TPSA) is 147 Å². The summed E-state index contributed by atoms with van der Waals surface area (Å²) in [4.78, 5) is 3.54. The van der Waals surface area contributed by atoms with Crippen molar-refractivity contribution < 1.29 is 32.9 Å². The van der Waals surface area contributed by atoms with Crippen LogP contribution in [-0.2, 0) is 14.8 Å². The Labute approximate surface area is 174 Å². The first-order valence-corrected chi connectivity index (χ1v) is 10.5. The molecule has 4 rings (SSSR count). The van der Waals surface area contributed by atoms with Gasteiger partial charge in [0.05, 0.1) is 23.9 Å². The van der Waals surface area contributed by atoms with E-state index in [2.05, 4.69) is 14.8 Å². The number of aliphatic hydroxyl groups excluding tert-OH is 3. The third kappa shape index (κ3) is 3.51. The van der Waals surface area contributed by atoms with Gasteiger partial charge >= 0.3 is 0 Å². The summed E-state index contributed by atoms with van der Waals surface area (Å²) in [7, 11) is -4.30. The number of pyridine rings is 1. The zero-order chi connectivity index (χ0) is 21.6. The molecule has 1 fully saturated rings. The number of sulfonamides is 1. The molecule has 13 heteroatoms. The van der Waals surface area contributed by atoms with Gasteiger partial charge in [-0.3, -0.25) is 4.72 Å². The highest BCUT2D eigenvalue weighted by Gasteiger charge is 2.44. The third-order valence-electron chi connectivity index (χ3n) is 4.66. The predicted molar refractivity (Wildman–Crippen MR) is 103 cm³/mol. The molecule has 30 heavy (non-hydrogen) atoms. The molecule has 10 nitrogen and oxygen atoms in total. The van der Waals surface area contributed by atoms with Crippen LogP contribution in [0.5, 0.6) is 0 Å². The van der Waals surface area contributed by atoms with Crippen molar-refractivity contribution in [2.45, 2.75) is 29.4 Å². The molecule has 0 aliphatic carbocycles. The molecule has 0 spiro atoms. The number of benzene rings is 1. The Bertz CT molecular complexity index is 1210. The molecule has 1 unspecified atom stereocenters. The highest BCUT2D eigenvalue weighted by molar-refractivity contribution is 7.92. The molecule has 0 bridgehead atoms. The first-order valence-electron chi connectivity index (χ1n) is 8.66. The third-order valence-corrected chi connectivity index (χ3v) is 6.26. The van der Waals surface area contributed by atoms with Crippen molar-refractivity contribution in [1.29, 1.82) is 0 Å². The second kappa shape index (κ2) is 7.72. The number of rotatable bonds is 5. The number of halogens is 2. The van der Waals surface area contributed by atoms with Gasteiger partial charge in [-0.25, -0.2) is 22.5 Å². The molecule has 3 heterocycles. The van der Waals surface area contributed by atoms with Crippen LogP contribution in [0.2, 0.25) is 5.15 Å². The van der Waals surface area contributed by atoms with Crippen molar-refractivity contribution in [3.8, 4) is 0 Å². The number of fused-ring (bicyclic) bond motifs is 1. The molecule has 1 aliphatic heterocycles. The zero-order valence-electron chi connectivity index (χ0n) is 15.1. The lowest BCUT2D eigenvalue weighted by atomic mass is 10.1. The average molecular weight is 459 g/mol. The van der Waals surface area contributed by atoms with Gasteiger partial charge < -0.3 is 20.1 Å². The zero-order valence-corrected chi connectivity index (χ0v) is 16.6. The van der Waals surface area contributed by atoms with Crippen LogP contribution in [0, 0.1) is 5.82 Å². The number of nitrogens with one attached hydrogen (secondary N) is 1. The number of anilines is 1. The molecule has 1 aromatic carbocycles. The van der Waals surface area contributed by atoms with Gasteiger partial charge in [-0.1, -0.05) is 23.7 Å². The summed E-state index contributed by atoms with van der Waals surface area (Å²) in [5.74, 6) is -0.927. The summed E-state index contributed by atoms with van der Waals surface area (Å²) < 4.78 is 48.1. The van der Waals surface area contributed by atoms with Crippen molar-refractivity contribution in [2.75, 3.05) is 11.3 Å². The van der Waals surface area contributed by atoms with E-state index >= 15 is 0 Å². The first kappa shape index (κ1) is 20.9. The Morgan fingerprint density at radius 2 is 2.00 bits per heavy atom. The monoisotopic (exact) mass is 458 g/mol. The smallest absolute Gasteiger partial charge is 0.264 e. The number of nitrogens with zero attached hydrogens (tertiary/aromatic N) is 3. The summed E-state index contributed by atoms with van der Waals surface area (Å²) >= 11 is 6.03. The molecule has 3 aromatic rings. The van der Waals surface area contributed by atoms with Crippen LogP contribution in [0.25, 0.3) is 11.0 Å². The van der Waals surface area contributed by atoms with Gasteiger partial charge in [0, 0.05) is 6.07 Å². The largest absolute Gasteiger partial charge is 0.394 e. The second-order valence-electron chi connectivity index (χ2n) is 6.58. The quantitative estimate of drug-likeness (QED) is 0.407. The molecule has 4 atom stereocenters. The summed E-state index contributed by atoms with van der Waals surface area (Å²) in [6.07, 6.45) is -3.77. The van der Waals surface area contributed by atoms with Crippen LogP contribution < -0.4 is 4.72 Å². The van der Waals surface area contributed by atoms with E-state index in [1.807, 2.05) is 0 Å². The molecule has 0 saturated carbocycles. The minimum atomic E-state index is -4.30. The van der Waals surface area contributed by atoms with Crippen LogP contribution in [-0.4, -0.2) is 63.4 Å². The maximum atomic E-state index is 14.0. The molecular weight excluding hydrogens is 443 g/mol. The van der Waals surface area contributed by atoms with Crippen LogP contribution in [0.1, 0.15) is 6.23 Å².